The van der Waals surface area contributed by atoms with Gasteiger partial charge in [0.25, 0.3) is 0 Å². The number of likely N-dealkylation sites (tertiary alicyclic amines) is 2. The molecule has 2 saturated heterocycles. The van der Waals surface area contributed by atoms with Crippen molar-refractivity contribution in [3.63, 3.8) is 0 Å². The number of rotatable bonds is 12. The minimum Gasteiger partial charge on any atom is -0.487 e. The fourth-order valence-electron chi connectivity index (χ4n) is 9.00. The van der Waals surface area contributed by atoms with E-state index >= 15 is 0 Å². The van der Waals surface area contributed by atoms with Gasteiger partial charge in [-0.2, -0.15) is 10.5 Å². The molecule has 2 aromatic rings. The Labute approximate surface area is 324 Å². The molecule has 6 atom stereocenters. The van der Waals surface area contributed by atoms with E-state index in [-0.39, 0.29) is 30.8 Å². The van der Waals surface area contributed by atoms with Crippen LogP contribution in [-0.4, -0.2) is 74.7 Å². The van der Waals surface area contributed by atoms with Crippen molar-refractivity contribution in [2.24, 2.45) is 5.92 Å². The van der Waals surface area contributed by atoms with E-state index in [4.69, 9.17) is 23.3 Å². The van der Waals surface area contributed by atoms with Gasteiger partial charge >= 0.3 is 7.82 Å². The lowest BCUT2D eigenvalue weighted by molar-refractivity contribution is -0.173. The van der Waals surface area contributed by atoms with Crippen LogP contribution in [0.4, 0.5) is 0 Å². The van der Waals surface area contributed by atoms with Gasteiger partial charge in [0.1, 0.15) is 28.8 Å². The van der Waals surface area contributed by atoms with Crippen LogP contribution in [0.3, 0.4) is 0 Å². The van der Waals surface area contributed by atoms with Gasteiger partial charge in [-0.3, -0.25) is 18.6 Å². The smallest absolute Gasteiger partial charge is 0.473 e. The van der Waals surface area contributed by atoms with Crippen LogP contribution >= 0.6 is 7.82 Å². The molecule has 0 bridgehead atoms. The number of phosphoric ester groups is 1. The molecular weight excluding hydrogens is 723 g/mol. The fraction of sp³-hybridized carbons (Fsp3) is 0.610. The second kappa shape index (κ2) is 14.8. The molecule has 4 aliphatic rings. The van der Waals surface area contributed by atoms with Crippen molar-refractivity contribution >= 4 is 19.6 Å². The third kappa shape index (κ3) is 8.01. The van der Waals surface area contributed by atoms with Crippen LogP contribution in [0.1, 0.15) is 128 Å². The molecule has 4 heterocycles. The van der Waals surface area contributed by atoms with Crippen LogP contribution in [0, 0.1) is 28.6 Å². The average Bonchev–Trinajstić information content (AvgIpc) is 3.73. The second-order valence-corrected chi connectivity index (χ2v) is 18.3. The third-order valence-electron chi connectivity index (χ3n) is 11.7. The van der Waals surface area contributed by atoms with Gasteiger partial charge in [-0.15, -0.1) is 0 Å². The Balaban J connectivity index is 1.22. The summed E-state index contributed by atoms with van der Waals surface area (Å²) in [5.74, 6) is 0.674. The maximum atomic E-state index is 14.0. The zero-order chi connectivity index (χ0) is 40.1. The van der Waals surface area contributed by atoms with E-state index in [0.717, 1.165) is 12.0 Å². The van der Waals surface area contributed by atoms with Crippen LogP contribution in [-0.2, 0) is 27.9 Å². The van der Waals surface area contributed by atoms with E-state index in [1.165, 1.54) is 0 Å². The largest absolute Gasteiger partial charge is 0.487 e. The molecule has 2 aromatic carbocycles. The van der Waals surface area contributed by atoms with E-state index in [2.05, 4.69) is 12.1 Å². The standard InChI is InChI=1S/C41H53N4O9P/c1-9-41(8,36-34(44-19-10-12-32(44)46)28-22-26(24-42)14-16-30(28)51-39(36,4)5)50-21-18-38(2,3)54-55(48,49)53-37-35(45-20-11-13-33(45)47)29-23-27(25-43)15-17-31(29)52-40(37,6)7/h14-17,22-23,34-37H,9-13,18-21H2,1-8H3,(H,48,49)/t34-,35-,36+,37+,41+/m0/s1. The predicted molar refractivity (Wildman–Crippen MR) is 202 cm³/mol. The molecule has 14 heteroatoms. The summed E-state index contributed by atoms with van der Waals surface area (Å²) in [6.45, 7) is 16.0. The molecule has 0 saturated carbocycles. The summed E-state index contributed by atoms with van der Waals surface area (Å²) < 4.78 is 45.6. The fourth-order valence-corrected chi connectivity index (χ4v) is 10.4. The Kier molecular flexibility index (Phi) is 11.0. The first-order valence-electron chi connectivity index (χ1n) is 19.2. The lowest BCUT2D eigenvalue weighted by atomic mass is 9.67. The number of phosphoric acid groups is 1. The maximum absolute atomic E-state index is 14.0. The molecular formula is C41H53N4O9P. The quantitative estimate of drug-likeness (QED) is 0.215. The van der Waals surface area contributed by atoms with E-state index in [9.17, 15) is 29.6 Å². The number of nitriles is 2. The Morgan fingerprint density at radius 1 is 0.873 bits per heavy atom. The molecule has 13 nitrogen and oxygen atoms in total. The monoisotopic (exact) mass is 776 g/mol. The Hall–Kier alpha value is -3.97. The number of carbonyl (C=O) groups is 2. The van der Waals surface area contributed by atoms with Gasteiger partial charge in [0.05, 0.1) is 59.1 Å². The molecule has 2 fully saturated rings. The van der Waals surface area contributed by atoms with Crippen molar-refractivity contribution in [1.29, 1.82) is 10.5 Å². The van der Waals surface area contributed by atoms with Crippen molar-refractivity contribution in [3.8, 4) is 23.6 Å². The minimum atomic E-state index is -4.83. The molecule has 1 N–H and O–H groups in total. The molecule has 296 valence electrons. The third-order valence-corrected chi connectivity index (χ3v) is 12.9. The minimum absolute atomic E-state index is 0.0459. The van der Waals surface area contributed by atoms with Crippen LogP contribution < -0.4 is 9.47 Å². The van der Waals surface area contributed by atoms with Crippen molar-refractivity contribution < 1.29 is 42.3 Å². The van der Waals surface area contributed by atoms with E-state index in [1.54, 1.807) is 62.9 Å². The first kappa shape index (κ1) is 40.7. The molecule has 6 rings (SSSR count). The van der Waals surface area contributed by atoms with Gasteiger partial charge in [0.2, 0.25) is 11.8 Å². The first-order valence-corrected chi connectivity index (χ1v) is 20.7. The summed E-state index contributed by atoms with van der Waals surface area (Å²) >= 11 is 0. The summed E-state index contributed by atoms with van der Waals surface area (Å²) in [7, 11) is -4.83. The Morgan fingerprint density at radius 3 is 1.87 bits per heavy atom. The van der Waals surface area contributed by atoms with Crippen molar-refractivity contribution in [2.45, 2.75) is 135 Å². The van der Waals surface area contributed by atoms with Gasteiger partial charge in [0.15, 0.2) is 0 Å². The highest BCUT2D eigenvalue weighted by atomic mass is 31.2. The number of benzene rings is 2. The number of hydrogen-bond donors (Lipinski definition) is 1. The van der Waals surface area contributed by atoms with Crippen molar-refractivity contribution in [2.75, 3.05) is 19.7 Å². The zero-order valence-electron chi connectivity index (χ0n) is 33.1. The number of fused-ring (bicyclic) bond motifs is 2. The normalized spacial score (nSPS) is 26.5. The first-order chi connectivity index (χ1) is 25.7. The summed E-state index contributed by atoms with van der Waals surface area (Å²) in [6.07, 6.45) is 1.78. The Morgan fingerprint density at radius 2 is 1.38 bits per heavy atom. The van der Waals surface area contributed by atoms with E-state index in [0.29, 0.717) is 67.0 Å². The van der Waals surface area contributed by atoms with E-state index < -0.39 is 48.4 Å². The van der Waals surface area contributed by atoms with Crippen LogP contribution in [0.2, 0.25) is 0 Å². The molecule has 1 unspecified atom stereocenters. The highest BCUT2D eigenvalue weighted by Crippen LogP contribution is 2.57. The van der Waals surface area contributed by atoms with Crippen LogP contribution in [0.25, 0.3) is 0 Å². The average molecular weight is 777 g/mol. The summed E-state index contributed by atoms with van der Waals surface area (Å²) in [5, 5.41) is 19.4. The highest BCUT2D eigenvalue weighted by molar-refractivity contribution is 7.47. The summed E-state index contributed by atoms with van der Waals surface area (Å²) in [5.41, 5.74) is -1.88. The van der Waals surface area contributed by atoms with Gasteiger partial charge in [0, 0.05) is 37.1 Å². The highest BCUT2D eigenvalue weighted by Gasteiger charge is 2.57. The molecule has 2 amide bonds. The molecule has 4 aliphatic heterocycles. The molecule has 0 radical (unpaired) electrons. The number of nitrogens with zero attached hydrogens (tertiary/aromatic N) is 4. The molecule has 0 aromatic heterocycles. The summed E-state index contributed by atoms with van der Waals surface area (Å²) in [6, 6.07) is 13.4. The molecule has 0 spiro atoms. The van der Waals surface area contributed by atoms with Crippen molar-refractivity contribution in [3.05, 3.63) is 58.7 Å². The lowest BCUT2D eigenvalue weighted by Crippen LogP contribution is -2.59. The second-order valence-electron chi connectivity index (χ2n) is 17.0. The van der Waals surface area contributed by atoms with Crippen molar-refractivity contribution in [1.82, 2.24) is 9.80 Å². The van der Waals surface area contributed by atoms with Gasteiger partial charge in [-0.05, 0) is 111 Å². The lowest BCUT2D eigenvalue weighted by Gasteiger charge is -2.54. The van der Waals surface area contributed by atoms with Crippen LogP contribution in [0.15, 0.2) is 36.4 Å². The van der Waals surface area contributed by atoms with E-state index in [1.807, 2.05) is 38.7 Å². The summed E-state index contributed by atoms with van der Waals surface area (Å²) in [4.78, 5) is 41.4. The maximum Gasteiger partial charge on any atom is 0.473 e. The zero-order valence-corrected chi connectivity index (χ0v) is 34.0. The molecule has 55 heavy (non-hydrogen) atoms. The predicted octanol–water partition coefficient (Wildman–Crippen LogP) is 7.27. The SMILES string of the molecule is CC[C@@](C)(OCCC(C)(C)OP(=O)(O)O[C@@H]1[C@@H](N2CCCC2=O)c2cc(C#N)ccc2OC1(C)C)[C@@H]1[C@@H](N2CCCC2=O)c2cc(C#N)ccc2OC1(C)C. The topological polar surface area (TPSA) is 172 Å². The van der Waals surface area contributed by atoms with Gasteiger partial charge in [-0.1, -0.05) is 6.92 Å². The number of amides is 2. The number of carbonyl (C=O) groups excluding carboxylic acids is 2. The molecule has 0 aliphatic carbocycles. The van der Waals surface area contributed by atoms with Gasteiger partial charge < -0.3 is 28.9 Å². The Bertz CT molecular complexity index is 1970. The van der Waals surface area contributed by atoms with Crippen LogP contribution in [0.5, 0.6) is 11.5 Å². The number of hydrogen-bond acceptors (Lipinski definition) is 10. The number of ether oxygens (including phenoxy) is 3. The van der Waals surface area contributed by atoms with Gasteiger partial charge in [-0.25, -0.2) is 4.57 Å².